The number of anilines is 1. The van der Waals surface area contributed by atoms with Crippen molar-refractivity contribution in [3.63, 3.8) is 0 Å². The SMILES string of the molecule is CC(Nc1ccccc1)c1cc2ccc(CCc3ccc(OCC4CC4)cc3)cc2o1.Cc1ccc(S(=O)(=O)O)cc1. The summed E-state index contributed by atoms with van der Waals surface area (Å²) >= 11 is 0. The van der Waals surface area contributed by atoms with E-state index in [1.807, 2.05) is 25.1 Å². The smallest absolute Gasteiger partial charge is 0.294 e. The van der Waals surface area contributed by atoms with Crippen molar-refractivity contribution in [2.75, 3.05) is 11.9 Å². The predicted molar refractivity (Wildman–Crippen MR) is 168 cm³/mol. The molecule has 0 radical (unpaired) electrons. The minimum Gasteiger partial charge on any atom is -0.493 e. The molecule has 0 bridgehead atoms. The Morgan fingerprint density at radius 1 is 0.881 bits per heavy atom. The molecule has 1 atom stereocenters. The van der Waals surface area contributed by atoms with E-state index < -0.39 is 10.1 Å². The van der Waals surface area contributed by atoms with Gasteiger partial charge < -0.3 is 14.5 Å². The van der Waals surface area contributed by atoms with E-state index in [0.29, 0.717) is 0 Å². The average Bonchev–Trinajstić information content (AvgIpc) is 3.72. The lowest BCUT2D eigenvalue weighted by atomic mass is 10.0. The summed E-state index contributed by atoms with van der Waals surface area (Å²) in [4.78, 5) is -0.0666. The molecule has 1 fully saturated rings. The lowest BCUT2D eigenvalue weighted by molar-refractivity contribution is 0.299. The molecule has 1 heterocycles. The Labute approximate surface area is 248 Å². The Hall–Kier alpha value is -4.07. The number of fused-ring (bicyclic) bond motifs is 1. The van der Waals surface area contributed by atoms with Gasteiger partial charge >= 0.3 is 0 Å². The fraction of sp³-hybridized carbons (Fsp3) is 0.257. The number of benzene rings is 4. The molecule has 2 N–H and O–H groups in total. The molecule has 0 amide bonds. The summed E-state index contributed by atoms with van der Waals surface area (Å²) in [7, 11) is -4.02. The van der Waals surface area contributed by atoms with Crippen LogP contribution < -0.4 is 10.1 Å². The van der Waals surface area contributed by atoms with Crippen LogP contribution in [0.25, 0.3) is 11.0 Å². The third-order valence-electron chi connectivity index (χ3n) is 7.31. The maximum absolute atomic E-state index is 10.5. The van der Waals surface area contributed by atoms with Crippen LogP contribution in [0.2, 0.25) is 0 Å². The first-order valence-electron chi connectivity index (χ1n) is 14.3. The van der Waals surface area contributed by atoms with Crippen LogP contribution in [0, 0.1) is 12.8 Å². The summed E-state index contributed by atoms with van der Waals surface area (Å²) in [5, 5.41) is 4.65. The van der Waals surface area contributed by atoms with E-state index in [2.05, 4.69) is 72.9 Å². The van der Waals surface area contributed by atoms with Crippen molar-refractivity contribution in [1.82, 2.24) is 0 Å². The van der Waals surface area contributed by atoms with Gasteiger partial charge in [0.05, 0.1) is 17.5 Å². The zero-order valence-corrected chi connectivity index (χ0v) is 24.8. The number of hydrogen-bond donors (Lipinski definition) is 2. The van der Waals surface area contributed by atoms with Gasteiger partial charge in [0.25, 0.3) is 10.1 Å². The number of para-hydroxylation sites is 1. The van der Waals surface area contributed by atoms with Gasteiger partial charge in [0.2, 0.25) is 0 Å². The lowest BCUT2D eigenvalue weighted by Gasteiger charge is -2.12. The summed E-state index contributed by atoms with van der Waals surface area (Å²) in [6, 6.07) is 33.6. The standard InChI is InChI=1S/C28H29NO2.C7H8O3S/c1-20(29-25-5-3-2-4-6-25)27-18-24-14-11-22(17-28(24)31-27)8-7-21-12-15-26(16-13-21)30-19-23-9-10-23;1-6-2-4-7(5-3-6)11(8,9)10/h2-6,11-18,20,23,29H,7-10,19H2,1H3;2-5H,1H3,(H,8,9,10). The van der Waals surface area contributed by atoms with Crippen LogP contribution in [0.3, 0.4) is 0 Å². The predicted octanol–water partition coefficient (Wildman–Crippen LogP) is 8.42. The Kier molecular flexibility index (Phi) is 9.30. The number of furan rings is 1. The van der Waals surface area contributed by atoms with Crippen LogP contribution in [-0.4, -0.2) is 19.6 Å². The molecule has 0 saturated heterocycles. The monoisotopic (exact) mass is 583 g/mol. The van der Waals surface area contributed by atoms with E-state index in [0.717, 1.165) is 59.1 Å². The molecule has 1 aliphatic carbocycles. The molecule has 5 aromatic rings. The second-order valence-electron chi connectivity index (χ2n) is 10.9. The van der Waals surface area contributed by atoms with Gasteiger partial charge in [-0.2, -0.15) is 8.42 Å². The number of ether oxygens (including phenoxy) is 1. The van der Waals surface area contributed by atoms with Crippen molar-refractivity contribution in [3.05, 3.63) is 126 Å². The molecule has 1 aliphatic rings. The minimum atomic E-state index is -4.02. The van der Waals surface area contributed by atoms with E-state index in [1.165, 1.54) is 36.1 Å². The van der Waals surface area contributed by atoms with Crippen LogP contribution in [0.5, 0.6) is 5.75 Å². The molecular weight excluding hydrogens is 546 g/mol. The molecule has 6 rings (SSSR count). The lowest BCUT2D eigenvalue weighted by Crippen LogP contribution is -2.04. The average molecular weight is 584 g/mol. The Balaban J connectivity index is 0.000000271. The van der Waals surface area contributed by atoms with Crippen molar-refractivity contribution < 1.29 is 22.1 Å². The van der Waals surface area contributed by atoms with Crippen molar-refractivity contribution in [3.8, 4) is 5.75 Å². The van der Waals surface area contributed by atoms with Crippen molar-refractivity contribution >= 4 is 26.8 Å². The molecule has 0 aliphatic heterocycles. The number of nitrogens with one attached hydrogen (secondary N) is 1. The van der Waals surface area contributed by atoms with E-state index in [9.17, 15) is 8.42 Å². The first kappa shape index (κ1) is 29.4. The van der Waals surface area contributed by atoms with E-state index in [4.69, 9.17) is 13.7 Å². The van der Waals surface area contributed by atoms with E-state index in [1.54, 1.807) is 12.1 Å². The first-order chi connectivity index (χ1) is 20.2. The third kappa shape index (κ3) is 8.47. The highest BCUT2D eigenvalue weighted by Gasteiger charge is 2.21. The summed E-state index contributed by atoms with van der Waals surface area (Å²) in [5.74, 6) is 2.73. The van der Waals surface area contributed by atoms with Crippen LogP contribution in [0.4, 0.5) is 5.69 Å². The maximum atomic E-state index is 10.5. The van der Waals surface area contributed by atoms with Gasteiger partial charge in [0, 0.05) is 11.1 Å². The van der Waals surface area contributed by atoms with Gasteiger partial charge in [-0.15, -0.1) is 0 Å². The molecule has 1 saturated carbocycles. The normalized spacial score (nSPS) is 13.7. The van der Waals surface area contributed by atoms with Gasteiger partial charge in [0.15, 0.2) is 0 Å². The Bertz CT molecular complexity index is 1690. The van der Waals surface area contributed by atoms with Crippen LogP contribution in [0.15, 0.2) is 112 Å². The van der Waals surface area contributed by atoms with Crippen molar-refractivity contribution in [2.45, 2.75) is 50.5 Å². The second-order valence-corrected chi connectivity index (χ2v) is 12.4. The summed E-state index contributed by atoms with van der Waals surface area (Å²) < 4.78 is 41.6. The molecule has 1 aromatic heterocycles. The second kappa shape index (κ2) is 13.3. The minimum absolute atomic E-state index is 0.0666. The zero-order valence-electron chi connectivity index (χ0n) is 24.0. The molecule has 4 aromatic carbocycles. The molecule has 42 heavy (non-hydrogen) atoms. The van der Waals surface area contributed by atoms with Gasteiger partial charge in [-0.05, 0) is 105 Å². The van der Waals surface area contributed by atoms with E-state index >= 15 is 0 Å². The largest absolute Gasteiger partial charge is 0.493 e. The topological polar surface area (TPSA) is 88.8 Å². The van der Waals surface area contributed by atoms with Gasteiger partial charge in [-0.25, -0.2) is 0 Å². The molecular formula is C35H37NO5S. The molecule has 6 nitrogen and oxygen atoms in total. The molecule has 1 unspecified atom stereocenters. The quantitative estimate of drug-likeness (QED) is 0.160. The number of rotatable bonds is 10. The van der Waals surface area contributed by atoms with Crippen LogP contribution in [-0.2, 0) is 23.0 Å². The first-order valence-corrected chi connectivity index (χ1v) is 15.8. The van der Waals surface area contributed by atoms with Crippen LogP contribution >= 0.6 is 0 Å². The molecule has 218 valence electrons. The van der Waals surface area contributed by atoms with Crippen LogP contribution in [0.1, 0.15) is 48.3 Å². The summed E-state index contributed by atoms with van der Waals surface area (Å²) in [5.41, 5.74) is 5.64. The van der Waals surface area contributed by atoms with E-state index in [-0.39, 0.29) is 10.9 Å². The number of hydrogen-bond acceptors (Lipinski definition) is 5. The summed E-state index contributed by atoms with van der Waals surface area (Å²) in [6.07, 6.45) is 4.64. The van der Waals surface area contributed by atoms with Gasteiger partial charge in [-0.3, -0.25) is 4.55 Å². The zero-order chi connectivity index (χ0) is 29.5. The molecule has 7 heteroatoms. The Morgan fingerprint density at radius 2 is 1.55 bits per heavy atom. The highest BCUT2D eigenvalue weighted by atomic mass is 32.2. The molecule has 0 spiro atoms. The fourth-order valence-electron chi connectivity index (χ4n) is 4.57. The summed E-state index contributed by atoms with van der Waals surface area (Å²) in [6.45, 7) is 4.83. The van der Waals surface area contributed by atoms with Gasteiger partial charge in [0.1, 0.15) is 17.1 Å². The van der Waals surface area contributed by atoms with Crippen molar-refractivity contribution in [1.29, 1.82) is 0 Å². The maximum Gasteiger partial charge on any atom is 0.294 e. The Morgan fingerprint density at radius 3 is 2.21 bits per heavy atom. The third-order valence-corrected chi connectivity index (χ3v) is 8.18. The fourth-order valence-corrected chi connectivity index (χ4v) is 5.05. The van der Waals surface area contributed by atoms with Crippen molar-refractivity contribution in [2.24, 2.45) is 5.92 Å². The highest BCUT2D eigenvalue weighted by molar-refractivity contribution is 7.85. The highest BCUT2D eigenvalue weighted by Crippen LogP contribution is 2.30. The van der Waals surface area contributed by atoms with Gasteiger partial charge in [-0.1, -0.05) is 60.2 Å². The number of aryl methyl sites for hydroxylation is 3.